The third-order valence-corrected chi connectivity index (χ3v) is 3.10. The number of anilines is 2. The molecule has 1 fully saturated rings. The van der Waals surface area contributed by atoms with Crippen LogP contribution in [0.1, 0.15) is 25.8 Å². The molecule has 5 heteroatoms. The van der Waals surface area contributed by atoms with Gasteiger partial charge in [0.05, 0.1) is 6.61 Å². The van der Waals surface area contributed by atoms with Gasteiger partial charge in [0, 0.05) is 30.2 Å². The molecule has 1 aliphatic rings. The summed E-state index contributed by atoms with van der Waals surface area (Å²) in [6, 6.07) is 5.39. The van der Waals surface area contributed by atoms with Crippen molar-refractivity contribution in [3.8, 4) is 5.75 Å². The Kier molecular flexibility index (Phi) is 3.11. The van der Waals surface area contributed by atoms with Gasteiger partial charge in [-0.2, -0.15) is 0 Å². The molecule has 0 spiro atoms. The first-order valence-corrected chi connectivity index (χ1v) is 6.50. The Labute approximate surface area is 111 Å². The summed E-state index contributed by atoms with van der Waals surface area (Å²) in [6.07, 6.45) is 6.07. The summed E-state index contributed by atoms with van der Waals surface area (Å²) in [5.41, 5.74) is 0.675. The van der Waals surface area contributed by atoms with Gasteiger partial charge in [0.2, 0.25) is 5.95 Å². The molecule has 1 aromatic heterocycles. The molecule has 1 aliphatic carbocycles. The summed E-state index contributed by atoms with van der Waals surface area (Å²) in [6.45, 7) is 2.29. The monoisotopic (exact) mass is 261 g/mol. The number of hydrogen-bond acceptors (Lipinski definition) is 3. The van der Waals surface area contributed by atoms with Gasteiger partial charge in [0.25, 0.3) is 0 Å². The van der Waals surface area contributed by atoms with E-state index in [0.717, 1.165) is 5.95 Å². The average Bonchev–Trinajstić information content (AvgIpc) is 3.14. The topological polar surface area (TPSA) is 39.1 Å². The van der Waals surface area contributed by atoms with E-state index in [2.05, 4.69) is 14.9 Å². The maximum absolute atomic E-state index is 13.7. The van der Waals surface area contributed by atoms with E-state index in [1.807, 2.05) is 13.1 Å². The molecule has 19 heavy (non-hydrogen) atoms. The second kappa shape index (κ2) is 4.91. The van der Waals surface area contributed by atoms with Crippen molar-refractivity contribution < 1.29 is 9.13 Å². The Morgan fingerprint density at radius 3 is 3.00 bits per heavy atom. The molecule has 1 heterocycles. The fraction of sp³-hybridized carbons (Fsp3) is 0.357. The van der Waals surface area contributed by atoms with Gasteiger partial charge in [-0.15, -0.1) is 0 Å². The van der Waals surface area contributed by atoms with Crippen LogP contribution >= 0.6 is 0 Å². The highest BCUT2D eigenvalue weighted by Crippen LogP contribution is 2.37. The predicted molar refractivity (Wildman–Crippen MR) is 71.3 cm³/mol. The van der Waals surface area contributed by atoms with Crippen molar-refractivity contribution in [2.75, 3.05) is 11.9 Å². The SMILES string of the molecule is CCOc1ccc(Nc2nccn2C2CC2)cc1F. The molecule has 1 saturated carbocycles. The maximum Gasteiger partial charge on any atom is 0.207 e. The second-order valence-corrected chi connectivity index (χ2v) is 4.59. The number of hydrogen-bond donors (Lipinski definition) is 1. The van der Waals surface area contributed by atoms with Gasteiger partial charge in [-0.25, -0.2) is 9.37 Å². The van der Waals surface area contributed by atoms with Crippen LogP contribution in [-0.4, -0.2) is 16.2 Å². The second-order valence-electron chi connectivity index (χ2n) is 4.59. The smallest absolute Gasteiger partial charge is 0.207 e. The number of benzene rings is 1. The van der Waals surface area contributed by atoms with Gasteiger partial charge >= 0.3 is 0 Å². The Morgan fingerprint density at radius 2 is 2.32 bits per heavy atom. The molecular weight excluding hydrogens is 245 g/mol. The van der Waals surface area contributed by atoms with Crippen LogP contribution in [0.25, 0.3) is 0 Å². The Bertz CT molecular complexity index is 578. The number of rotatable bonds is 5. The molecule has 2 aromatic rings. The van der Waals surface area contributed by atoms with Crippen molar-refractivity contribution in [2.24, 2.45) is 0 Å². The fourth-order valence-corrected chi connectivity index (χ4v) is 2.04. The molecule has 0 bridgehead atoms. The number of nitrogens with zero attached hydrogens (tertiary/aromatic N) is 2. The van der Waals surface area contributed by atoms with E-state index >= 15 is 0 Å². The standard InChI is InChI=1S/C14H16FN3O/c1-2-19-13-6-3-10(9-12(13)15)17-14-16-7-8-18(14)11-4-5-11/h3,6-9,11H,2,4-5H2,1H3,(H,16,17). The van der Waals surface area contributed by atoms with Crippen LogP contribution in [0.5, 0.6) is 5.75 Å². The minimum atomic E-state index is -0.364. The molecule has 1 aromatic carbocycles. The van der Waals surface area contributed by atoms with E-state index in [0.29, 0.717) is 18.3 Å². The molecule has 3 rings (SSSR count). The average molecular weight is 261 g/mol. The van der Waals surface area contributed by atoms with E-state index in [1.54, 1.807) is 18.3 Å². The summed E-state index contributed by atoms with van der Waals surface area (Å²) < 4.78 is 21.0. The lowest BCUT2D eigenvalue weighted by atomic mass is 10.3. The molecule has 0 aliphatic heterocycles. The van der Waals surface area contributed by atoms with Crippen molar-refractivity contribution in [2.45, 2.75) is 25.8 Å². The highest BCUT2D eigenvalue weighted by molar-refractivity contribution is 5.55. The first kappa shape index (κ1) is 12.0. The van der Waals surface area contributed by atoms with Crippen LogP contribution in [-0.2, 0) is 0 Å². The van der Waals surface area contributed by atoms with Gasteiger partial charge in [-0.1, -0.05) is 0 Å². The minimum Gasteiger partial charge on any atom is -0.491 e. The van der Waals surface area contributed by atoms with Gasteiger partial charge in [-0.3, -0.25) is 0 Å². The van der Waals surface area contributed by atoms with Gasteiger partial charge in [0.15, 0.2) is 11.6 Å². The summed E-state index contributed by atoms with van der Waals surface area (Å²) in [7, 11) is 0. The lowest BCUT2D eigenvalue weighted by molar-refractivity contribution is 0.321. The molecule has 0 unspecified atom stereocenters. The Balaban J connectivity index is 1.79. The first-order valence-electron chi connectivity index (χ1n) is 6.50. The number of halogens is 1. The summed E-state index contributed by atoms with van der Waals surface area (Å²) in [5, 5.41) is 3.14. The van der Waals surface area contributed by atoms with Crippen molar-refractivity contribution in [1.82, 2.24) is 9.55 Å². The van der Waals surface area contributed by atoms with Crippen LogP contribution in [0.3, 0.4) is 0 Å². The molecule has 0 amide bonds. The molecule has 0 atom stereocenters. The van der Waals surface area contributed by atoms with Crippen LogP contribution in [0.2, 0.25) is 0 Å². The van der Waals surface area contributed by atoms with Gasteiger partial charge in [0.1, 0.15) is 0 Å². The third-order valence-electron chi connectivity index (χ3n) is 3.10. The van der Waals surface area contributed by atoms with E-state index in [9.17, 15) is 4.39 Å². The predicted octanol–water partition coefficient (Wildman–Crippen LogP) is 3.50. The Morgan fingerprint density at radius 1 is 1.47 bits per heavy atom. The number of ether oxygens (including phenoxy) is 1. The van der Waals surface area contributed by atoms with Crippen LogP contribution in [0.4, 0.5) is 16.0 Å². The number of nitrogens with one attached hydrogen (secondary N) is 1. The normalized spacial score (nSPS) is 14.4. The minimum absolute atomic E-state index is 0.276. The number of aromatic nitrogens is 2. The van der Waals surface area contributed by atoms with Crippen molar-refractivity contribution >= 4 is 11.6 Å². The summed E-state index contributed by atoms with van der Waals surface area (Å²) in [5.74, 6) is 0.668. The zero-order valence-corrected chi connectivity index (χ0v) is 10.8. The lowest BCUT2D eigenvalue weighted by Gasteiger charge is -2.10. The van der Waals surface area contributed by atoms with Crippen molar-refractivity contribution in [3.63, 3.8) is 0 Å². The van der Waals surface area contributed by atoms with E-state index < -0.39 is 0 Å². The molecule has 0 radical (unpaired) electrons. The quantitative estimate of drug-likeness (QED) is 0.895. The fourth-order valence-electron chi connectivity index (χ4n) is 2.04. The van der Waals surface area contributed by atoms with Gasteiger partial charge < -0.3 is 14.6 Å². The molecule has 0 saturated heterocycles. The largest absolute Gasteiger partial charge is 0.491 e. The summed E-state index contributed by atoms with van der Waals surface area (Å²) >= 11 is 0. The number of imidazole rings is 1. The third kappa shape index (κ3) is 2.54. The zero-order chi connectivity index (χ0) is 13.2. The van der Waals surface area contributed by atoms with E-state index in [4.69, 9.17) is 4.74 Å². The van der Waals surface area contributed by atoms with Crippen molar-refractivity contribution in [1.29, 1.82) is 0 Å². The highest BCUT2D eigenvalue weighted by atomic mass is 19.1. The first-order chi connectivity index (χ1) is 9.28. The highest BCUT2D eigenvalue weighted by Gasteiger charge is 2.25. The van der Waals surface area contributed by atoms with Crippen molar-refractivity contribution in [3.05, 3.63) is 36.4 Å². The molecular formula is C14H16FN3O. The maximum atomic E-state index is 13.7. The Hall–Kier alpha value is -2.04. The molecule has 1 N–H and O–H groups in total. The summed E-state index contributed by atoms with van der Waals surface area (Å²) in [4.78, 5) is 4.26. The zero-order valence-electron chi connectivity index (χ0n) is 10.8. The van der Waals surface area contributed by atoms with Crippen LogP contribution in [0, 0.1) is 5.82 Å². The lowest BCUT2D eigenvalue weighted by Crippen LogP contribution is -2.02. The molecule has 100 valence electrons. The molecule has 4 nitrogen and oxygen atoms in total. The van der Waals surface area contributed by atoms with Gasteiger partial charge in [-0.05, 0) is 31.9 Å². The van der Waals surface area contributed by atoms with Crippen LogP contribution < -0.4 is 10.1 Å². The van der Waals surface area contributed by atoms with E-state index in [1.165, 1.54) is 18.9 Å². The van der Waals surface area contributed by atoms with Crippen LogP contribution in [0.15, 0.2) is 30.6 Å². The van der Waals surface area contributed by atoms with E-state index in [-0.39, 0.29) is 11.6 Å².